The van der Waals surface area contributed by atoms with E-state index in [1.54, 1.807) is 7.05 Å². The smallest absolute Gasteiger partial charge is 0.407 e. The van der Waals surface area contributed by atoms with Crippen molar-refractivity contribution in [2.24, 2.45) is 17.3 Å². The average molecular weight is 267 g/mol. The maximum Gasteiger partial charge on any atom is 0.407 e. The van der Waals surface area contributed by atoms with E-state index < -0.39 is 11.0 Å². The molecule has 1 amide bonds. The number of carbonyl (C=O) groups excluding carboxylic acids is 2. The van der Waals surface area contributed by atoms with E-state index in [0.717, 1.165) is 32.1 Å². The average Bonchev–Trinajstić information content (AvgIpc) is 2.35. The molecule has 2 unspecified atom stereocenters. The van der Waals surface area contributed by atoms with Crippen molar-refractivity contribution < 1.29 is 19.1 Å². The van der Waals surface area contributed by atoms with Crippen LogP contribution in [0.5, 0.6) is 0 Å². The first-order valence-corrected chi connectivity index (χ1v) is 7.00. The van der Waals surface area contributed by atoms with Crippen LogP contribution in [-0.4, -0.2) is 31.8 Å². The van der Waals surface area contributed by atoms with Gasteiger partial charge in [-0.05, 0) is 43.9 Å². The molecule has 0 heterocycles. The molecule has 4 saturated carbocycles. The number of carbonyl (C=O) groups is 2. The van der Waals surface area contributed by atoms with Crippen LogP contribution in [0.3, 0.4) is 0 Å². The highest BCUT2D eigenvalue weighted by Crippen LogP contribution is 2.63. The van der Waals surface area contributed by atoms with Crippen molar-refractivity contribution in [3.05, 3.63) is 0 Å². The number of rotatable bonds is 2. The van der Waals surface area contributed by atoms with E-state index in [0.29, 0.717) is 18.3 Å². The molecular weight excluding hydrogens is 246 g/mol. The van der Waals surface area contributed by atoms with Gasteiger partial charge in [-0.3, -0.25) is 4.79 Å². The lowest BCUT2D eigenvalue weighted by molar-refractivity contribution is -0.193. The molecule has 5 nitrogen and oxygen atoms in total. The summed E-state index contributed by atoms with van der Waals surface area (Å²) in [6, 6.07) is 0. The molecule has 1 N–H and O–H groups in total. The SMILES string of the molecule is CNC(=O)OC12CC3CC(C1)CC(C(=O)OC)(C3)C2. The third kappa shape index (κ3) is 1.90. The fourth-order valence-corrected chi connectivity index (χ4v) is 5.00. The van der Waals surface area contributed by atoms with Crippen LogP contribution >= 0.6 is 0 Å². The van der Waals surface area contributed by atoms with E-state index in [1.807, 2.05) is 0 Å². The predicted octanol–water partition coefficient (Wildman–Crippen LogP) is 1.85. The highest BCUT2D eigenvalue weighted by Gasteiger charge is 2.62. The zero-order chi connectivity index (χ0) is 13.7. The standard InChI is InChI=1S/C14H21NO4/c1-15-12(17)19-14-6-9-3-10(7-14)5-13(4-9,8-14)11(16)18-2/h9-10H,3-8H2,1-2H3,(H,15,17). The first-order chi connectivity index (χ1) is 9.01. The molecule has 0 radical (unpaired) electrons. The Balaban J connectivity index is 1.88. The Hall–Kier alpha value is -1.26. The maximum atomic E-state index is 12.2. The van der Waals surface area contributed by atoms with Crippen molar-refractivity contribution in [2.75, 3.05) is 14.2 Å². The second-order valence-corrected chi connectivity index (χ2v) is 6.56. The van der Waals surface area contributed by atoms with Crippen molar-refractivity contribution >= 4 is 12.1 Å². The molecule has 2 atom stereocenters. The molecule has 0 aromatic rings. The second-order valence-electron chi connectivity index (χ2n) is 6.56. The van der Waals surface area contributed by atoms with E-state index in [-0.39, 0.29) is 12.1 Å². The third-order valence-corrected chi connectivity index (χ3v) is 5.14. The quantitative estimate of drug-likeness (QED) is 0.775. The van der Waals surface area contributed by atoms with E-state index in [1.165, 1.54) is 7.11 Å². The predicted molar refractivity (Wildman–Crippen MR) is 67.4 cm³/mol. The van der Waals surface area contributed by atoms with E-state index in [2.05, 4.69) is 5.32 Å². The van der Waals surface area contributed by atoms with Crippen molar-refractivity contribution in [1.82, 2.24) is 5.32 Å². The number of nitrogens with one attached hydrogen (secondary N) is 1. The van der Waals surface area contributed by atoms with Crippen LogP contribution in [0.25, 0.3) is 0 Å². The molecule has 4 aliphatic carbocycles. The van der Waals surface area contributed by atoms with E-state index in [4.69, 9.17) is 9.47 Å². The molecule has 0 aliphatic heterocycles. The van der Waals surface area contributed by atoms with Gasteiger partial charge in [0.2, 0.25) is 0 Å². The molecule has 0 aromatic heterocycles. The first kappa shape index (κ1) is 12.8. The van der Waals surface area contributed by atoms with Crippen LogP contribution < -0.4 is 5.32 Å². The molecule has 4 rings (SSSR count). The van der Waals surface area contributed by atoms with Gasteiger partial charge >= 0.3 is 12.1 Å². The summed E-state index contributed by atoms with van der Waals surface area (Å²) in [6.45, 7) is 0. The Morgan fingerprint density at radius 3 is 2.32 bits per heavy atom. The van der Waals surface area contributed by atoms with Gasteiger partial charge in [-0.1, -0.05) is 0 Å². The zero-order valence-corrected chi connectivity index (χ0v) is 11.5. The highest BCUT2D eigenvalue weighted by atomic mass is 16.6. The summed E-state index contributed by atoms with van der Waals surface area (Å²) in [4.78, 5) is 23.8. The number of ether oxygens (including phenoxy) is 2. The summed E-state index contributed by atoms with van der Waals surface area (Å²) >= 11 is 0. The summed E-state index contributed by atoms with van der Waals surface area (Å²) < 4.78 is 10.7. The molecular formula is C14H21NO4. The molecule has 4 bridgehead atoms. The minimum atomic E-state index is -0.446. The summed E-state index contributed by atoms with van der Waals surface area (Å²) in [7, 11) is 3.02. The first-order valence-electron chi connectivity index (χ1n) is 7.00. The molecule has 106 valence electrons. The summed E-state index contributed by atoms with van der Waals surface area (Å²) in [5.74, 6) is 0.862. The number of hydrogen-bond donors (Lipinski definition) is 1. The Morgan fingerprint density at radius 2 is 1.79 bits per heavy atom. The van der Waals surface area contributed by atoms with Crippen molar-refractivity contribution in [1.29, 1.82) is 0 Å². The molecule has 4 fully saturated rings. The molecule has 4 aliphatic rings. The van der Waals surface area contributed by atoms with Gasteiger partial charge in [0.1, 0.15) is 5.60 Å². The van der Waals surface area contributed by atoms with Crippen LogP contribution in [0, 0.1) is 17.3 Å². The van der Waals surface area contributed by atoms with Crippen LogP contribution in [0.4, 0.5) is 4.79 Å². The van der Waals surface area contributed by atoms with E-state index >= 15 is 0 Å². The Kier molecular flexibility index (Phi) is 2.76. The Morgan fingerprint density at radius 1 is 1.16 bits per heavy atom. The molecule has 0 spiro atoms. The number of esters is 1. The minimum Gasteiger partial charge on any atom is -0.469 e. The molecule has 5 heteroatoms. The lowest BCUT2D eigenvalue weighted by atomic mass is 9.48. The van der Waals surface area contributed by atoms with Gasteiger partial charge in [0.05, 0.1) is 12.5 Å². The van der Waals surface area contributed by atoms with Gasteiger partial charge in [0, 0.05) is 13.5 Å². The van der Waals surface area contributed by atoms with E-state index in [9.17, 15) is 9.59 Å². The molecule has 0 saturated heterocycles. The van der Waals surface area contributed by atoms with Gasteiger partial charge in [0.15, 0.2) is 0 Å². The largest absolute Gasteiger partial charge is 0.469 e. The van der Waals surface area contributed by atoms with Gasteiger partial charge in [-0.25, -0.2) is 4.79 Å². The normalized spacial score (nSPS) is 42.8. The van der Waals surface area contributed by atoms with Crippen LogP contribution in [0.15, 0.2) is 0 Å². The maximum absolute atomic E-state index is 12.2. The third-order valence-electron chi connectivity index (χ3n) is 5.14. The van der Waals surface area contributed by atoms with Crippen molar-refractivity contribution in [2.45, 2.75) is 44.1 Å². The van der Waals surface area contributed by atoms with Crippen LogP contribution in [0.1, 0.15) is 38.5 Å². The van der Waals surface area contributed by atoms with Gasteiger partial charge < -0.3 is 14.8 Å². The monoisotopic (exact) mass is 267 g/mol. The number of hydrogen-bond acceptors (Lipinski definition) is 4. The fourth-order valence-electron chi connectivity index (χ4n) is 5.00. The number of methoxy groups -OCH3 is 1. The zero-order valence-electron chi connectivity index (χ0n) is 11.5. The summed E-state index contributed by atoms with van der Waals surface area (Å²) in [5, 5.41) is 2.52. The molecule has 0 aromatic carbocycles. The summed E-state index contributed by atoms with van der Waals surface area (Å²) in [6.07, 6.45) is 5.00. The highest BCUT2D eigenvalue weighted by molar-refractivity contribution is 5.78. The minimum absolute atomic E-state index is 0.119. The fraction of sp³-hybridized carbons (Fsp3) is 0.857. The summed E-state index contributed by atoms with van der Waals surface area (Å²) in [5.41, 5.74) is -0.856. The molecule has 19 heavy (non-hydrogen) atoms. The van der Waals surface area contributed by atoms with Gasteiger partial charge in [0.25, 0.3) is 0 Å². The van der Waals surface area contributed by atoms with Crippen LogP contribution in [-0.2, 0) is 14.3 Å². The van der Waals surface area contributed by atoms with Gasteiger partial charge in [-0.15, -0.1) is 0 Å². The Bertz CT molecular complexity index is 406. The number of amides is 1. The van der Waals surface area contributed by atoms with Crippen LogP contribution in [0.2, 0.25) is 0 Å². The second kappa shape index (κ2) is 4.12. The lowest BCUT2D eigenvalue weighted by Crippen LogP contribution is -2.60. The van der Waals surface area contributed by atoms with Crippen molar-refractivity contribution in [3.63, 3.8) is 0 Å². The topological polar surface area (TPSA) is 64.6 Å². The van der Waals surface area contributed by atoms with Crippen molar-refractivity contribution in [3.8, 4) is 0 Å². The number of alkyl carbamates (subject to hydrolysis) is 1. The lowest BCUT2D eigenvalue weighted by Gasteiger charge is -2.59. The Labute approximate surface area is 113 Å². The van der Waals surface area contributed by atoms with Gasteiger partial charge in [-0.2, -0.15) is 0 Å².